The van der Waals surface area contributed by atoms with Crippen LogP contribution >= 0.6 is 0 Å². The lowest BCUT2D eigenvalue weighted by Gasteiger charge is -2.03. The zero-order valence-electron chi connectivity index (χ0n) is 18.2. The molecule has 0 aromatic heterocycles. The van der Waals surface area contributed by atoms with E-state index in [4.69, 9.17) is 0 Å². The molecule has 0 saturated heterocycles. The van der Waals surface area contributed by atoms with Crippen molar-refractivity contribution in [3.8, 4) is 11.4 Å². The molecule has 2 aliphatic heterocycles. The molecule has 34 heavy (non-hydrogen) atoms. The highest BCUT2D eigenvalue weighted by Crippen LogP contribution is 2.07. The van der Waals surface area contributed by atoms with Crippen molar-refractivity contribution in [2.24, 2.45) is 0 Å². The van der Waals surface area contributed by atoms with Gasteiger partial charge in [0, 0.05) is 11.4 Å². The summed E-state index contributed by atoms with van der Waals surface area (Å²) < 4.78 is 2.13. The van der Waals surface area contributed by atoms with Crippen LogP contribution in [0.2, 0.25) is 0 Å². The summed E-state index contributed by atoms with van der Waals surface area (Å²) in [5.41, 5.74) is -2.37. The van der Waals surface area contributed by atoms with Gasteiger partial charge in [-0.25, -0.2) is 0 Å². The predicted octanol–water partition coefficient (Wildman–Crippen LogP) is 0.406. The van der Waals surface area contributed by atoms with Crippen LogP contribution in [0.4, 0.5) is 0 Å². The second-order valence-corrected chi connectivity index (χ2v) is 7.98. The van der Waals surface area contributed by atoms with Crippen LogP contribution in [-0.4, -0.2) is 19.3 Å². The lowest BCUT2D eigenvalue weighted by atomic mass is 10.2. The molecule has 0 fully saturated rings. The molecule has 2 aromatic rings. The first kappa shape index (κ1) is 21.1. The predicted molar refractivity (Wildman–Crippen MR) is 126 cm³/mol. The van der Waals surface area contributed by atoms with Crippen molar-refractivity contribution in [1.29, 1.82) is 0 Å². The standard InChI is InChI=1S/C26H18N2O6/c1-13(29)17-19-21(27(25(17)33)15-9-5-3-6-10-15)24(32)20-18(14(2)30)26(34)28(22(20)23(19)31)16-11-7-4-8-12-16/h3-12,29-30H,1-2H3/b17-13+,18-14+. The van der Waals surface area contributed by atoms with Crippen LogP contribution in [0, 0.1) is 21.1 Å². The molecular formula is C26H18N2O6. The summed E-state index contributed by atoms with van der Waals surface area (Å²) in [6.07, 6.45) is 0. The normalized spacial score (nSPS) is 13.5. The third-order valence-corrected chi connectivity index (χ3v) is 5.89. The van der Waals surface area contributed by atoms with Gasteiger partial charge in [-0.05, 0) is 38.1 Å². The van der Waals surface area contributed by atoms with E-state index in [1.807, 2.05) is 0 Å². The van der Waals surface area contributed by atoms with E-state index in [9.17, 15) is 29.4 Å². The summed E-state index contributed by atoms with van der Waals surface area (Å²) in [5, 5.41) is 19.0. The average Bonchev–Trinajstić information content (AvgIpc) is 3.31. The first-order chi connectivity index (χ1) is 16.3. The van der Waals surface area contributed by atoms with Crippen LogP contribution < -0.4 is 32.4 Å². The monoisotopic (exact) mass is 454 g/mol. The van der Waals surface area contributed by atoms with Gasteiger partial charge in [0.05, 0.1) is 20.9 Å². The second kappa shape index (κ2) is 7.41. The van der Waals surface area contributed by atoms with Gasteiger partial charge in [-0.3, -0.25) is 28.3 Å². The van der Waals surface area contributed by atoms with Gasteiger partial charge in [-0.2, -0.15) is 0 Å². The Hall–Kier alpha value is -4.72. The van der Waals surface area contributed by atoms with Crippen LogP contribution in [0.1, 0.15) is 13.8 Å². The lowest BCUT2D eigenvalue weighted by molar-refractivity contribution is 0.497. The fourth-order valence-electron chi connectivity index (χ4n) is 4.53. The third-order valence-electron chi connectivity index (χ3n) is 5.89. The number of aliphatic hydroxyl groups excluding tert-OH is 2. The van der Waals surface area contributed by atoms with Gasteiger partial charge in [0.1, 0.15) is 22.2 Å². The van der Waals surface area contributed by atoms with Gasteiger partial charge in [0.2, 0.25) is 10.9 Å². The Morgan fingerprint density at radius 2 is 0.912 bits per heavy atom. The Morgan fingerprint density at radius 1 is 0.588 bits per heavy atom. The van der Waals surface area contributed by atoms with E-state index in [0.717, 1.165) is 9.13 Å². The van der Waals surface area contributed by atoms with E-state index in [-0.39, 0.29) is 31.6 Å². The highest BCUT2D eigenvalue weighted by Gasteiger charge is 2.23. The van der Waals surface area contributed by atoms with Crippen molar-refractivity contribution in [2.45, 2.75) is 13.8 Å². The number of hydrogen-bond acceptors (Lipinski definition) is 6. The molecule has 0 bridgehead atoms. The van der Waals surface area contributed by atoms with Gasteiger partial charge >= 0.3 is 0 Å². The topological polar surface area (TPSA) is 119 Å². The molecule has 0 saturated carbocycles. The smallest absolute Gasteiger partial charge is 0.267 e. The minimum atomic E-state index is -0.770. The first-order valence-electron chi connectivity index (χ1n) is 10.4. The molecule has 0 radical (unpaired) electrons. The number of hydrogen-bond donors (Lipinski definition) is 2. The second-order valence-electron chi connectivity index (χ2n) is 7.98. The summed E-state index contributed by atoms with van der Waals surface area (Å²) in [4.78, 5) is 54.5. The first-order valence-corrected chi connectivity index (χ1v) is 10.4. The molecule has 0 atom stereocenters. The van der Waals surface area contributed by atoms with Gasteiger partial charge in [0.15, 0.2) is 0 Å². The molecule has 3 aliphatic rings. The number of benzene rings is 2. The van der Waals surface area contributed by atoms with Gasteiger partial charge in [0.25, 0.3) is 11.1 Å². The van der Waals surface area contributed by atoms with E-state index in [2.05, 4.69) is 0 Å². The van der Waals surface area contributed by atoms with Crippen molar-refractivity contribution in [3.63, 3.8) is 0 Å². The van der Waals surface area contributed by atoms with Crippen LogP contribution in [0.3, 0.4) is 0 Å². The summed E-state index contributed by atoms with van der Waals surface area (Å²) in [6.45, 7) is 2.51. The minimum absolute atomic E-state index is 0.259. The van der Waals surface area contributed by atoms with E-state index >= 15 is 0 Å². The summed E-state index contributed by atoms with van der Waals surface area (Å²) >= 11 is 0. The summed E-state index contributed by atoms with van der Waals surface area (Å²) in [6, 6.07) is 16.5. The molecule has 1 aliphatic carbocycles. The van der Waals surface area contributed by atoms with Crippen molar-refractivity contribution in [2.75, 3.05) is 0 Å². The highest BCUT2D eigenvalue weighted by molar-refractivity contribution is 5.43. The molecule has 5 rings (SSSR count). The Balaban J connectivity index is 2.26. The van der Waals surface area contributed by atoms with Crippen LogP contribution in [0.5, 0.6) is 0 Å². The Morgan fingerprint density at radius 3 is 1.21 bits per heavy atom. The summed E-state index contributed by atoms with van der Waals surface area (Å²) in [7, 11) is 0. The number of aliphatic hydroxyl groups is 2. The average molecular weight is 454 g/mol. The molecule has 8 nitrogen and oxygen atoms in total. The molecular weight excluding hydrogens is 436 g/mol. The molecule has 0 amide bonds. The molecule has 2 heterocycles. The third kappa shape index (κ3) is 2.72. The van der Waals surface area contributed by atoms with E-state index in [1.165, 1.54) is 13.8 Å². The molecule has 168 valence electrons. The molecule has 0 spiro atoms. The SMILES string of the molecule is C/C(O)=c1/c2c(=O)c3n(-c4ccccc4)c(=O)/c(=C(\C)O)c=3c(=O)c=2n(-c2ccccc2)c1=O. The van der Waals surface area contributed by atoms with E-state index < -0.39 is 33.5 Å². The van der Waals surface area contributed by atoms with E-state index in [0.29, 0.717) is 11.4 Å². The van der Waals surface area contributed by atoms with Crippen LogP contribution in [-0.2, 0) is 0 Å². The Kier molecular flexibility index (Phi) is 4.61. The Labute approximate surface area is 189 Å². The quantitative estimate of drug-likeness (QED) is 0.399. The van der Waals surface area contributed by atoms with Crippen LogP contribution in [0.15, 0.2) is 79.8 Å². The Bertz CT molecular complexity index is 1900. The minimum Gasteiger partial charge on any atom is -0.512 e. The van der Waals surface area contributed by atoms with Crippen molar-refractivity contribution in [1.82, 2.24) is 9.13 Å². The molecule has 0 unspecified atom stereocenters. The molecule has 8 heteroatoms. The fraction of sp³-hybridized carbons (Fsp3) is 0.0769. The fourth-order valence-corrected chi connectivity index (χ4v) is 4.53. The zero-order valence-corrected chi connectivity index (χ0v) is 18.2. The van der Waals surface area contributed by atoms with Crippen LogP contribution in [0.25, 0.3) is 22.9 Å². The molecule has 2 aromatic carbocycles. The van der Waals surface area contributed by atoms with E-state index in [1.54, 1.807) is 60.7 Å². The maximum absolute atomic E-state index is 13.9. The number of aromatic nitrogens is 2. The maximum Gasteiger partial charge on any atom is 0.267 e. The zero-order chi connectivity index (χ0) is 24.3. The van der Waals surface area contributed by atoms with Crippen molar-refractivity contribution in [3.05, 3.63) is 133 Å². The largest absolute Gasteiger partial charge is 0.512 e. The lowest BCUT2D eigenvalue weighted by Crippen LogP contribution is -2.33. The number of rotatable bonds is 2. The van der Waals surface area contributed by atoms with Crippen molar-refractivity contribution < 1.29 is 10.2 Å². The van der Waals surface area contributed by atoms with Gasteiger partial charge < -0.3 is 10.2 Å². The number of para-hydroxylation sites is 2. The maximum atomic E-state index is 13.9. The van der Waals surface area contributed by atoms with Gasteiger partial charge in [-0.1, -0.05) is 36.4 Å². The number of nitrogens with zero attached hydrogens (tertiary/aromatic N) is 2. The van der Waals surface area contributed by atoms with Gasteiger partial charge in [-0.15, -0.1) is 0 Å². The highest BCUT2D eigenvalue weighted by atomic mass is 16.3. The summed E-state index contributed by atoms with van der Waals surface area (Å²) in [5.74, 6) is -0.850. The molecule has 2 N–H and O–H groups in total. The van der Waals surface area contributed by atoms with Crippen molar-refractivity contribution >= 4 is 11.5 Å².